The number of aromatic carboxylic acids is 1. The molecule has 3 N–H and O–H groups in total. The van der Waals surface area contributed by atoms with Gasteiger partial charge in [0.15, 0.2) is 5.69 Å². The summed E-state index contributed by atoms with van der Waals surface area (Å²) >= 11 is 0. The Morgan fingerprint density at radius 2 is 2.26 bits per heavy atom. The molecule has 0 amide bonds. The smallest absolute Gasteiger partial charge is 0.358 e. The van der Waals surface area contributed by atoms with Crippen molar-refractivity contribution < 1.29 is 18.7 Å². The molecule has 19 heavy (non-hydrogen) atoms. The van der Waals surface area contributed by atoms with Gasteiger partial charge in [-0.3, -0.25) is 4.57 Å². The zero-order chi connectivity index (χ0) is 14.0. The van der Waals surface area contributed by atoms with Crippen LogP contribution in [-0.4, -0.2) is 35.6 Å². The SMILES string of the molecule is NCc1c(C(=O)O)nnn1Cc1nccn1C(F)F. The van der Waals surface area contributed by atoms with Gasteiger partial charge >= 0.3 is 12.5 Å². The van der Waals surface area contributed by atoms with Gasteiger partial charge in [-0.15, -0.1) is 5.10 Å². The second kappa shape index (κ2) is 5.10. The maximum atomic E-state index is 12.6. The van der Waals surface area contributed by atoms with Crippen molar-refractivity contribution in [3.05, 3.63) is 29.6 Å². The van der Waals surface area contributed by atoms with Crippen molar-refractivity contribution in [2.24, 2.45) is 5.73 Å². The summed E-state index contributed by atoms with van der Waals surface area (Å²) < 4.78 is 27.1. The number of carboxylic acid groups (broad SMARTS) is 1. The number of halogens is 2. The number of nitrogens with two attached hydrogens (primary N) is 1. The summed E-state index contributed by atoms with van der Waals surface area (Å²) in [7, 11) is 0. The average Bonchev–Trinajstić information content (AvgIpc) is 2.95. The maximum absolute atomic E-state index is 12.6. The Morgan fingerprint density at radius 1 is 1.53 bits per heavy atom. The molecule has 2 aromatic heterocycles. The van der Waals surface area contributed by atoms with Crippen molar-refractivity contribution in [2.75, 3.05) is 0 Å². The van der Waals surface area contributed by atoms with E-state index in [2.05, 4.69) is 15.3 Å². The van der Waals surface area contributed by atoms with Crippen LogP contribution in [-0.2, 0) is 13.1 Å². The number of alkyl halides is 2. The Kier molecular flexibility index (Phi) is 3.51. The Labute approximate surface area is 105 Å². The Morgan fingerprint density at radius 3 is 2.84 bits per heavy atom. The van der Waals surface area contributed by atoms with Gasteiger partial charge in [0, 0.05) is 18.9 Å². The highest BCUT2D eigenvalue weighted by Crippen LogP contribution is 2.14. The molecular formula is C9H10F2N6O2. The number of nitrogens with zero attached hydrogens (tertiary/aromatic N) is 5. The number of carboxylic acids is 1. The quantitative estimate of drug-likeness (QED) is 0.796. The van der Waals surface area contributed by atoms with Crippen LogP contribution < -0.4 is 5.73 Å². The van der Waals surface area contributed by atoms with E-state index < -0.39 is 12.5 Å². The molecular weight excluding hydrogens is 262 g/mol. The first-order chi connectivity index (χ1) is 9.04. The van der Waals surface area contributed by atoms with E-state index in [9.17, 15) is 13.6 Å². The van der Waals surface area contributed by atoms with Crippen molar-refractivity contribution in [3.63, 3.8) is 0 Å². The van der Waals surface area contributed by atoms with Crippen molar-refractivity contribution in [1.29, 1.82) is 0 Å². The van der Waals surface area contributed by atoms with Gasteiger partial charge in [-0.25, -0.2) is 14.5 Å². The largest absolute Gasteiger partial charge is 0.476 e. The van der Waals surface area contributed by atoms with E-state index in [-0.39, 0.29) is 30.3 Å². The fourth-order valence-electron chi connectivity index (χ4n) is 1.61. The monoisotopic (exact) mass is 272 g/mol. The summed E-state index contributed by atoms with van der Waals surface area (Å²) in [5.74, 6) is -1.24. The molecule has 10 heteroatoms. The van der Waals surface area contributed by atoms with Gasteiger partial charge in [0.05, 0.1) is 5.69 Å². The molecule has 0 saturated carbocycles. The van der Waals surface area contributed by atoms with Gasteiger partial charge in [-0.2, -0.15) is 8.78 Å². The minimum atomic E-state index is -2.73. The summed E-state index contributed by atoms with van der Waals surface area (Å²) in [5, 5.41) is 15.9. The highest BCUT2D eigenvalue weighted by molar-refractivity contribution is 5.86. The zero-order valence-electron chi connectivity index (χ0n) is 9.57. The first kappa shape index (κ1) is 13.1. The van der Waals surface area contributed by atoms with E-state index in [1.54, 1.807) is 0 Å². The molecule has 8 nitrogen and oxygen atoms in total. The van der Waals surface area contributed by atoms with Crippen LogP contribution in [0.25, 0.3) is 0 Å². The molecule has 0 saturated heterocycles. The number of hydrogen-bond donors (Lipinski definition) is 2. The third-order valence-corrected chi connectivity index (χ3v) is 2.48. The van der Waals surface area contributed by atoms with E-state index in [0.717, 1.165) is 10.9 Å². The third-order valence-electron chi connectivity index (χ3n) is 2.48. The van der Waals surface area contributed by atoms with E-state index in [1.165, 1.54) is 6.20 Å². The number of hydrogen-bond acceptors (Lipinski definition) is 5. The Hall–Kier alpha value is -2.36. The molecule has 0 radical (unpaired) electrons. The molecule has 102 valence electrons. The summed E-state index contributed by atoms with van der Waals surface area (Å²) in [6, 6.07) is 0. The van der Waals surface area contributed by atoms with Gasteiger partial charge in [0.1, 0.15) is 12.4 Å². The van der Waals surface area contributed by atoms with Crippen LogP contribution >= 0.6 is 0 Å². The third kappa shape index (κ3) is 2.42. The summed E-state index contributed by atoms with van der Waals surface area (Å²) in [5.41, 5.74) is 5.28. The maximum Gasteiger partial charge on any atom is 0.358 e. The summed E-state index contributed by atoms with van der Waals surface area (Å²) in [6.07, 6.45) is 2.34. The fraction of sp³-hybridized carbons (Fsp3) is 0.333. The number of aromatic nitrogens is 5. The predicted octanol–water partition coefficient (Wildman–Crippen LogP) is 0.0749. The van der Waals surface area contributed by atoms with E-state index >= 15 is 0 Å². The normalized spacial score (nSPS) is 11.2. The van der Waals surface area contributed by atoms with Crippen LogP contribution in [0.15, 0.2) is 12.4 Å². The van der Waals surface area contributed by atoms with E-state index in [1.807, 2.05) is 0 Å². The number of rotatable bonds is 5. The summed E-state index contributed by atoms with van der Waals surface area (Å²) in [4.78, 5) is 14.6. The molecule has 0 fully saturated rings. The van der Waals surface area contributed by atoms with Crippen molar-refractivity contribution in [2.45, 2.75) is 19.6 Å². The van der Waals surface area contributed by atoms with E-state index in [0.29, 0.717) is 4.57 Å². The molecule has 0 aromatic carbocycles. The van der Waals surface area contributed by atoms with Crippen LogP contribution in [0.1, 0.15) is 28.6 Å². The van der Waals surface area contributed by atoms with Gasteiger partial charge in [-0.05, 0) is 0 Å². The molecule has 2 rings (SSSR count). The lowest BCUT2D eigenvalue weighted by molar-refractivity contribution is 0.0661. The Balaban J connectivity index is 2.33. The predicted molar refractivity (Wildman–Crippen MR) is 57.5 cm³/mol. The molecule has 0 unspecified atom stereocenters. The second-order valence-corrected chi connectivity index (χ2v) is 3.58. The molecule has 0 aliphatic rings. The van der Waals surface area contributed by atoms with Crippen LogP contribution in [0, 0.1) is 0 Å². The van der Waals surface area contributed by atoms with Crippen LogP contribution in [0.2, 0.25) is 0 Å². The van der Waals surface area contributed by atoms with Gasteiger partial charge in [0.25, 0.3) is 0 Å². The molecule has 0 aliphatic heterocycles. The van der Waals surface area contributed by atoms with Crippen LogP contribution in [0.4, 0.5) is 8.78 Å². The van der Waals surface area contributed by atoms with Crippen molar-refractivity contribution in [3.8, 4) is 0 Å². The van der Waals surface area contributed by atoms with Gasteiger partial charge in [-0.1, -0.05) is 5.21 Å². The van der Waals surface area contributed by atoms with Crippen LogP contribution in [0.5, 0.6) is 0 Å². The number of imidazole rings is 1. The van der Waals surface area contributed by atoms with Gasteiger partial charge < -0.3 is 10.8 Å². The average molecular weight is 272 g/mol. The zero-order valence-corrected chi connectivity index (χ0v) is 9.57. The van der Waals surface area contributed by atoms with Crippen molar-refractivity contribution in [1.82, 2.24) is 24.5 Å². The van der Waals surface area contributed by atoms with Crippen molar-refractivity contribution >= 4 is 5.97 Å². The van der Waals surface area contributed by atoms with Crippen LogP contribution in [0.3, 0.4) is 0 Å². The molecule has 0 aliphatic carbocycles. The lowest BCUT2D eigenvalue weighted by Gasteiger charge is -2.07. The molecule has 2 heterocycles. The minimum absolute atomic E-state index is 0.0338. The molecule has 2 aromatic rings. The molecule has 0 spiro atoms. The molecule has 0 atom stereocenters. The highest BCUT2D eigenvalue weighted by Gasteiger charge is 2.19. The number of carbonyl (C=O) groups is 1. The standard InChI is InChI=1S/C9H10F2N6O2/c10-9(11)16-2-1-13-6(16)4-17-5(3-12)7(8(18)19)14-15-17/h1-2,9H,3-4,12H2,(H,18,19). The minimum Gasteiger partial charge on any atom is -0.476 e. The van der Waals surface area contributed by atoms with E-state index in [4.69, 9.17) is 10.8 Å². The first-order valence-corrected chi connectivity index (χ1v) is 5.20. The second-order valence-electron chi connectivity index (χ2n) is 3.58. The highest BCUT2D eigenvalue weighted by atomic mass is 19.3. The lowest BCUT2D eigenvalue weighted by atomic mass is 10.3. The van der Waals surface area contributed by atoms with Gasteiger partial charge in [0.2, 0.25) is 0 Å². The Bertz CT molecular complexity index is 593. The summed E-state index contributed by atoms with van der Waals surface area (Å²) in [6.45, 7) is -2.99. The lowest BCUT2D eigenvalue weighted by Crippen LogP contribution is -2.16. The first-order valence-electron chi connectivity index (χ1n) is 5.20. The topological polar surface area (TPSA) is 112 Å². The fourth-order valence-corrected chi connectivity index (χ4v) is 1.61. The molecule has 0 bridgehead atoms.